The number of fused-ring (bicyclic) bond motifs is 1. The van der Waals surface area contributed by atoms with Gasteiger partial charge in [-0.15, -0.1) is 5.10 Å². The quantitative estimate of drug-likeness (QED) is 0.419. The van der Waals surface area contributed by atoms with Crippen LogP contribution in [0.5, 0.6) is 0 Å². The Hall–Kier alpha value is -4.12. The lowest BCUT2D eigenvalue weighted by atomic mass is 9.86. The van der Waals surface area contributed by atoms with Crippen molar-refractivity contribution in [2.75, 3.05) is 29.9 Å². The monoisotopic (exact) mass is 472 g/mol. The van der Waals surface area contributed by atoms with Crippen LogP contribution in [0.25, 0.3) is 5.65 Å². The van der Waals surface area contributed by atoms with Crippen molar-refractivity contribution in [1.82, 2.24) is 34.2 Å². The van der Waals surface area contributed by atoms with Crippen molar-refractivity contribution in [3.05, 3.63) is 48.7 Å². The zero-order valence-electron chi connectivity index (χ0n) is 17.7. The maximum Gasteiger partial charge on any atom is 0.419 e. The molecule has 0 radical (unpaired) electrons. The number of rotatable bonds is 7. The summed E-state index contributed by atoms with van der Waals surface area (Å²) in [5.74, 6) is 0.335. The van der Waals surface area contributed by atoms with Crippen LogP contribution in [0.4, 0.5) is 30.5 Å². The van der Waals surface area contributed by atoms with Gasteiger partial charge in [-0.05, 0) is 12.1 Å². The predicted octanol–water partition coefficient (Wildman–Crippen LogP) is 2.01. The van der Waals surface area contributed by atoms with E-state index < -0.39 is 17.3 Å². The number of aliphatic hydroxyl groups excluding tert-OH is 1. The van der Waals surface area contributed by atoms with Crippen molar-refractivity contribution in [3.8, 4) is 6.07 Å². The predicted molar refractivity (Wildman–Crippen MR) is 113 cm³/mol. The third-order valence-electron chi connectivity index (χ3n) is 5.68. The highest BCUT2D eigenvalue weighted by Gasteiger charge is 2.47. The Balaban J connectivity index is 1.38. The SMILES string of the molecule is N#CCC1(n2cc(C(F)(F)F)cn2)CN(c2cccn3nc(Nc4cnn(CCO)c4)nc23)C1. The van der Waals surface area contributed by atoms with Gasteiger partial charge in [-0.2, -0.15) is 33.6 Å². The average molecular weight is 472 g/mol. The summed E-state index contributed by atoms with van der Waals surface area (Å²) in [6.07, 6.45) is 2.29. The summed E-state index contributed by atoms with van der Waals surface area (Å²) in [6, 6.07) is 5.71. The fourth-order valence-electron chi connectivity index (χ4n) is 4.02. The van der Waals surface area contributed by atoms with Crippen LogP contribution in [0, 0.1) is 11.3 Å². The molecular formula is C20H19F3N10O. The Morgan fingerprint density at radius 3 is 2.74 bits per heavy atom. The highest BCUT2D eigenvalue weighted by Crippen LogP contribution is 2.39. The molecular weight excluding hydrogens is 453 g/mol. The Morgan fingerprint density at radius 1 is 1.21 bits per heavy atom. The third-order valence-corrected chi connectivity index (χ3v) is 5.68. The van der Waals surface area contributed by atoms with Gasteiger partial charge in [-0.25, -0.2) is 4.52 Å². The van der Waals surface area contributed by atoms with Crippen molar-refractivity contribution in [2.45, 2.75) is 24.7 Å². The van der Waals surface area contributed by atoms with E-state index in [0.717, 1.165) is 18.1 Å². The van der Waals surface area contributed by atoms with Gasteiger partial charge in [0.05, 0.1) is 55.0 Å². The van der Waals surface area contributed by atoms with Crippen molar-refractivity contribution in [2.24, 2.45) is 0 Å². The summed E-state index contributed by atoms with van der Waals surface area (Å²) >= 11 is 0. The highest BCUT2D eigenvalue weighted by atomic mass is 19.4. The van der Waals surface area contributed by atoms with Gasteiger partial charge in [0.1, 0.15) is 5.54 Å². The first kappa shape index (κ1) is 21.7. The van der Waals surface area contributed by atoms with Crippen molar-refractivity contribution in [3.63, 3.8) is 0 Å². The fourth-order valence-corrected chi connectivity index (χ4v) is 4.02. The summed E-state index contributed by atoms with van der Waals surface area (Å²) in [6.45, 7) is 0.923. The second-order valence-electron chi connectivity index (χ2n) is 8.02. The van der Waals surface area contributed by atoms with Crippen LogP contribution in [0.15, 0.2) is 43.1 Å². The normalized spacial score (nSPS) is 15.3. The minimum Gasteiger partial charge on any atom is -0.394 e. The molecule has 14 heteroatoms. The second-order valence-corrected chi connectivity index (χ2v) is 8.02. The Labute approximate surface area is 190 Å². The number of pyridine rings is 1. The highest BCUT2D eigenvalue weighted by molar-refractivity contribution is 5.72. The van der Waals surface area contributed by atoms with E-state index >= 15 is 0 Å². The molecule has 0 spiro atoms. The molecule has 0 saturated carbocycles. The first-order valence-corrected chi connectivity index (χ1v) is 10.3. The van der Waals surface area contributed by atoms with E-state index in [-0.39, 0.29) is 13.0 Å². The minimum absolute atomic E-state index is 0.0168. The number of nitriles is 1. The Morgan fingerprint density at radius 2 is 2.03 bits per heavy atom. The van der Waals surface area contributed by atoms with Crippen molar-refractivity contribution >= 4 is 23.0 Å². The molecule has 1 saturated heterocycles. The van der Waals surface area contributed by atoms with E-state index in [9.17, 15) is 18.4 Å². The van der Waals surface area contributed by atoms with Gasteiger partial charge in [-0.1, -0.05) is 0 Å². The molecule has 4 aromatic heterocycles. The number of nitrogens with zero attached hydrogens (tertiary/aromatic N) is 9. The number of hydrogen-bond donors (Lipinski definition) is 2. The van der Waals surface area contributed by atoms with Crippen molar-refractivity contribution < 1.29 is 18.3 Å². The smallest absolute Gasteiger partial charge is 0.394 e. The number of halogens is 3. The molecule has 0 bridgehead atoms. The van der Waals surface area contributed by atoms with E-state index in [2.05, 4.69) is 31.7 Å². The standard InChI is InChI=1S/C20H19F3N10O/c21-20(22,23)14-8-26-33(10-14)19(3-4-24)12-30(13-19)16-2-1-5-32-17(16)28-18(29-32)27-15-9-25-31(11-15)6-7-34/h1-2,5,8-11,34H,3,6-7,12-13H2,(H,27,29). The van der Waals surface area contributed by atoms with Crippen LogP contribution in [0.1, 0.15) is 12.0 Å². The van der Waals surface area contributed by atoms with Gasteiger partial charge in [0.2, 0.25) is 5.95 Å². The number of aliphatic hydroxyl groups is 1. The molecule has 34 heavy (non-hydrogen) atoms. The first-order valence-electron chi connectivity index (χ1n) is 10.3. The van der Waals surface area contributed by atoms with Crippen molar-refractivity contribution in [1.29, 1.82) is 5.26 Å². The molecule has 1 fully saturated rings. The van der Waals surface area contributed by atoms with Gasteiger partial charge < -0.3 is 15.3 Å². The molecule has 5 rings (SSSR count). The van der Waals surface area contributed by atoms with Crippen LogP contribution in [-0.2, 0) is 18.3 Å². The van der Waals surface area contributed by atoms with E-state index in [4.69, 9.17) is 5.11 Å². The molecule has 1 aliphatic heterocycles. The largest absolute Gasteiger partial charge is 0.419 e. The van der Waals surface area contributed by atoms with Crippen LogP contribution in [-0.4, -0.2) is 59.0 Å². The summed E-state index contributed by atoms with van der Waals surface area (Å²) in [4.78, 5) is 6.48. The van der Waals surface area contributed by atoms with E-state index in [1.807, 2.05) is 11.0 Å². The van der Waals surface area contributed by atoms with Gasteiger partial charge in [0.25, 0.3) is 0 Å². The van der Waals surface area contributed by atoms with E-state index in [1.165, 1.54) is 4.68 Å². The van der Waals surface area contributed by atoms with E-state index in [0.29, 0.717) is 36.9 Å². The molecule has 0 unspecified atom stereocenters. The molecule has 0 atom stereocenters. The number of aromatic nitrogens is 7. The van der Waals surface area contributed by atoms with Crippen LogP contribution in [0.3, 0.4) is 0 Å². The van der Waals surface area contributed by atoms with Crippen LogP contribution >= 0.6 is 0 Å². The molecule has 11 nitrogen and oxygen atoms in total. The van der Waals surface area contributed by atoms with Crippen LogP contribution < -0.4 is 10.2 Å². The van der Waals surface area contributed by atoms with Gasteiger partial charge in [0, 0.05) is 31.7 Å². The molecule has 0 amide bonds. The summed E-state index contributed by atoms with van der Waals surface area (Å²) < 4.78 is 43.5. The lowest BCUT2D eigenvalue weighted by Crippen LogP contribution is -2.63. The number of anilines is 3. The van der Waals surface area contributed by atoms with Gasteiger partial charge >= 0.3 is 6.18 Å². The average Bonchev–Trinajstić information content (AvgIpc) is 3.50. The lowest BCUT2D eigenvalue weighted by Gasteiger charge is -2.50. The molecule has 4 aromatic rings. The number of alkyl halides is 3. The second kappa shape index (κ2) is 8.03. The zero-order chi connectivity index (χ0) is 23.9. The van der Waals surface area contributed by atoms with E-state index in [1.54, 1.807) is 33.9 Å². The Kier molecular flexibility index (Phi) is 5.13. The van der Waals surface area contributed by atoms with Gasteiger partial charge in [0.15, 0.2) is 5.65 Å². The lowest BCUT2D eigenvalue weighted by molar-refractivity contribution is -0.137. The zero-order valence-corrected chi connectivity index (χ0v) is 17.7. The maximum absolute atomic E-state index is 13.0. The maximum atomic E-state index is 13.0. The topological polar surface area (TPSA) is 125 Å². The number of nitrogens with one attached hydrogen (secondary N) is 1. The molecule has 2 N–H and O–H groups in total. The molecule has 176 valence electrons. The molecule has 1 aliphatic rings. The molecule has 0 aliphatic carbocycles. The first-order chi connectivity index (χ1) is 16.3. The van der Waals surface area contributed by atoms with Crippen LogP contribution in [0.2, 0.25) is 0 Å². The number of hydrogen-bond acceptors (Lipinski definition) is 8. The summed E-state index contributed by atoms with van der Waals surface area (Å²) in [5, 5.41) is 33.8. The summed E-state index contributed by atoms with van der Waals surface area (Å²) in [5.41, 5.74) is 0.224. The third kappa shape index (κ3) is 3.79. The van der Waals surface area contributed by atoms with Gasteiger partial charge in [-0.3, -0.25) is 9.36 Å². The molecule has 5 heterocycles. The summed E-state index contributed by atoms with van der Waals surface area (Å²) in [7, 11) is 0. The minimum atomic E-state index is -4.50. The Bertz CT molecular complexity index is 1360. The molecule has 0 aromatic carbocycles. The fraction of sp³-hybridized carbons (Fsp3) is 0.350.